The van der Waals surface area contributed by atoms with Gasteiger partial charge in [0.25, 0.3) is 0 Å². The topological polar surface area (TPSA) is 29.3 Å². The molecule has 0 aliphatic carbocycles. The van der Waals surface area contributed by atoms with E-state index in [0.29, 0.717) is 6.04 Å². The first kappa shape index (κ1) is 16.3. The van der Waals surface area contributed by atoms with Crippen LogP contribution in [0.3, 0.4) is 0 Å². The summed E-state index contributed by atoms with van der Waals surface area (Å²) in [6, 6.07) is 6.02. The number of hydrogen-bond acceptors (Lipinski definition) is 2. The van der Waals surface area contributed by atoms with Crippen LogP contribution in [-0.4, -0.2) is 18.6 Å². The van der Waals surface area contributed by atoms with Gasteiger partial charge in [-0.3, -0.25) is 0 Å². The summed E-state index contributed by atoms with van der Waals surface area (Å²) in [5.74, 6) is -0.0869. The highest BCUT2D eigenvalue weighted by atomic mass is 19.1. The van der Waals surface area contributed by atoms with E-state index in [1.54, 1.807) is 6.07 Å². The largest absolute Gasteiger partial charge is 0.366 e. The molecule has 1 fully saturated rings. The van der Waals surface area contributed by atoms with Gasteiger partial charge in [0, 0.05) is 18.6 Å². The van der Waals surface area contributed by atoms with Crippen LogP contribution in [0.5, 0.6) is 0 Å². The number of benzene rings is 1. The molecule has 3 heteroatoms. The number of nitrogens with two attached hydrogens (primary N) is 1. The Hall–Kier alpha value is -1.09. The maximum absolute atomic E-state index is 14.5. The van der Waals surface area contributed by atoms with E-state index in [4.69, 9.17) is 5.73 Å². The molecule has 2 atom stereocenters. The van der Waals surface area contributed by atoms with Gasteiger partial charge in [0.1, 0.15) is 5.82 Å². The van der Waals surface area contributed by atoms with E-state index < -0.39 is 0 Å². The second-order valence-corrected chi connectivity index (χ2v) is 6.22. The van der Waals surface area contributed by atoms with Crippen molar-refractivity contribution < 1.29 is 4.39 Å². The minimum atomic E-state index is -0.0869. The SMILES string of the molecule is CCC(N)Cc1cccc(F)c1N1CCCCCC1CC. The summed E-state index contributed by atoms with van der Waals surface area (Å²) in [7, 11) is 0. The van der Waals surface area contributed by atoms with Crippen LogP contribution in [0.1, 0.15) is 57.9 Å². The van der Waals surface area contributed by atoms with Crippen molar-refractivity contribution in [2.75, 3.05) is 11.4 Å². The smallest absolute Gasteiger partial charge is 0.146 e. The molecule has 0 radical (unpaired) electrons. The summed E-state index contributed by atoms with van der Waals surface area (Å²) in [6.45, 7) is 5.26. The highest BCUT2D eigenvalue weighted by molar-refractivity contribution is 5.56. The molecule has 0 saturated carbocycles. The highest BCUT2D eigenvalue weighted by Crippen LogP contribution is 2.32. The Labute approximate surface area is 128 Å². The van der Waals surface area contributed by atoms with Crippen LogP contribution in [-0.2, 0) is 6.42 Å². The van der Waals surface area contributed by atoms with E-state index in [0.717, 1.165) is 43.5 Å². The summed E-state index contributed by atoms with van der Waals surface area (Å²) in [5, 5.41) is 0. The van der Waals surface area contributed by atoms with Crippen molar-refractivity contribution in [3.63, 3.8) is 0 Å². The summed E-state index contributed by atoms with van der Waals surface area (Å²) in [5.41, 5.74) is 8.00. The van der Waals surface area contributed by atoms with E-state index in [-0.39, 0.29) is 11.9 Å². The summed E-state index contributed by atoms with van der Waals surface area (Å²) < 4.78 is 14.5. The lowest BCUT2D eigenvalue weighted by Crippen LogP contribution is -2.36. The van der Waals surface area contributed by atoms with Gasteiger partial charge >= 0.3 is 0 Å². The van der Waals surface area contributed by atoms with Crippen molar-refractivity contribution in [2.24, 2.45) is 5.73 Å². The average Bonchev–Trinajstić information content (AvgIpc) is 2.72. The van der Waals surface area contributed by atoms with Crippen molar-refractivity contribution in [3.8, 4) is 0 Å². The molecule has 2 nitrogen and oxygen atoms in total. The lowest BCUT2D eigenvalue weighted by molar-refractivity contribution is 0.535. The van der Waals surface area contributed by atoms with E-state index in [2.05, 4.69) is 18.7 Å². The molecule has 1 aromatic carbocycles. The molecular weight excluding hydrogens is 263 g/mol. The van der Waals surface area contributed by atoms with Crippen molar-refractivity contribution >= 4 is 5.69 Å². The molecule has 118 valence electrons. The Morgan fingerprint density at radius 3 is 2.81 bits per heavy atom. The minimum absolute atomic E-state index is 0.0869. The summed E-state index contributed by atoms with van der Waals surface area (Å²) in [4.78, 5) is 2.32. The van der Waals surface area contributed by atoms with Gasteiger partial charge in [-0.1, -0.05) is 38.8 Å². The molecule has 1 heterocycles. The van der Waals surface area contributed by atoms with Crippen molar-refractivity contribution in [2.45, 2.75) is 70.9 Å². The fourth-order valence-corrected chi connectivity index (χ4v) is 3.37. The normalized spacial score (nSPS) is 21.1. The molecular formula is C18H29FN2. The standard InChI is InChI=1S/C18H29FN2/c1-3-15(20)13-14-9-8-11-17(19)18(14)21-12-7-5-6-10-16(21)4-2/h8-9,11,15-16H,3-7,10,12-13,20H2,1-2H3. The van der Waals surface area contributed by atoms with Gasteiger partial charge in [-0.05, 0) is 43.7 Å². The first-order valence-electron chi connectivity index (χ1n) is 8.47. The number of rotatable bonds is 5. The first-order chi connectivity index (χ1) is 10.2. The molecule has 0 bridgehead atoms. The highest BCUT2D eigenvalue weighted by Gasteiger charge is 2.24. The van der Waals surface area contributed by atoms with Crippen LogP contribution in [0, 0.1) is 5.82 Å². The number of halogens is 1. The van der Waals surface area contributed by atoms with Crippen LogP contribution in [0.25, 0.3) is 0 Å². The van der Waals surface area contributed by atoms with Crippen molar-refractivity contribution in [3.05, 3.63) is 29.6 Å². The van der Waals surface area contributed by atoms with E-state index >= 15 is 0 Å². The molecule has 1 aromatic rings. The number of hydrogen-bond donors (Lipinski definition) is 1. The molecule has 1 aliphatic rings. The number of nitrogens with zero attached hydrogens (tertiary/aromatic N) is 1. The van der Waals surface area contributed by atoms with Gasteiger partial charge in [0.15, 0.2) is 0 Å². The van der Waals surface area contributed by atoms with Crippen LogP contribution in [0.2, 0.25) is 0 Å². The van der Waals surface area contributed by atoms with Gasteiger partial charge in [0.2, 0.25) is 0 Å². The maximum atomic E-state index is 14.5. The average molecular weight is 292 g/mol. The van der Waals surface area contributed by atoms with Gasteiger partial charge in [0.05, 0.1) is 5.69 Å². The number of anilines is 1. The third-order valence-corrected chi connectivity index (χ3v) is 4.71. The summed E-state index contributed by atoms with van der Waals surface area (Å²) >= 11 is 0. The molecule has 2 N–H and O–H groups in total. The lowest BCUT2D eigenvalue weighted by atomic mass is 9.99. The van der Waals surface area contributed by atoms with Crippen LogP contribution in [0.15, 0.2) is 18.2 Å². The molecule has 1 saturated heterocycles. The molecule has 21 heavy (non-hydrogen) atoms. The van der Waals surface area contributed by atoms with Crippen LogP contribution < -0.4 is 10.6 Å². The monoisotopic (exact) mass is 292 g/mol. The van der Waals surface area contributed by atoms with Gasteiger partial charge in [-0.15, -0.1) is 0 Å². The fourth-order valence-electron chi connectivity index (χ4n) is 3.37. The van der Waals surface area contributed by atoms with Crippen LogP contribution >= 0.6 is 0 Å². The zero-order chi connectivity index (χ0) is 15.2. The Bertz CT molecular complexity index is 447. The molecule has 2 unspecified atom stereocenters. The first-order valence-corrected chi connectivity index (χ1v) is 8.47. The Morgan fingerprint density at radius 1 is 1.29 bits per heavy atom. The molecule has 0 spiro atoms. The van der Waals surface area contributed by atoms with Crippen molar-refractivity contribution in [1.82, 2.24) is 0 Å². The van der Waals surface area contributed by atoms with E-state index in [1.807, 2.05) is 12.1 Å². The van der Waals surface area contributed by atoms with E-state index in [1.165, 1.54) is 19.3 Å². The Kier molecular flexibility index (Phi) is 6.04. The lowest BCUT2D eigenvalue weighted by Gasteiger charge is -2.34. The minimum Gasteiger partial charge on any atom is -0.366 e. The Morgan fingerprint density at radius 2 is 2.10 bits per heavy atom. The zero-order valence-corrected chi connectivity index (χ0v) is 13.4. The quantitative estimate of drug-likeness (QED) is 0.878. The third kappa shape index (κ3) is 3.97. The third-order valence-electron chi connectivity index (χ3n) is 4.71. The zero-order valence-electron chi connectivity index (χ0n) is 13.4. The second kappa shape index (κ2) is 7.79. The molecule has 1 aliphatic heterocycles. The Balaban J connectivity index is 2.35. The van der Waals surface area contributed by atoms with E-state index in [9.17, 15) is 4.39 Å². The van der Waals surface area contributed by atoms with Crippen LogP contribution in [0.4, 0.5) is 10.1 Å². The fraction of sp³-hybridized carbons (Fsp3) is 0.667. The summed E-state index contributed by atoms with van der Waals surface area (Å²) in [6.07, 6.45) is 7.60. The maximum Gasteiger partial charge on any atom is 0.146 e. The second-order valence-electron chi connectivity index (χ2n) is 6.22. The van der Waals surface area contributed by atoms with Gasteiger partial charge in [-0.25, -0.2) is 4.39 Å². The predicted molar refractivity (Wildman–Crippen MR) is 88.3 cm³/mol. The molecule has 0 amide bonds. The van der Waals surface area contributed by atoms with Crippen molar-refractivity contribution in [1.29, 1.82) is 0 Å². The van der Waals surface area contributed by atoms with Gasteiger partial charge in [-0.2, -0.15) is 0 Å². The predicted octanol–water partition coefficient (Wildman–Crippen LogP) is 4.26. The van der Waals surface area contributed by atoms with Gasteiger partial charge < -0.3 is 10.6 Å². The molecule has 2 rings (SSSR count). The molecule has 0 aromatic heterocycles. The number of para-hydroxylation sites is 1.